The molecule has 22 heavy (non-hydrogen) atoms. The average molecular weight is 321 g/mol. The molecule has 0 aliphatic carbocycles. The molecule has 8 nitrogen and oxygen atoms in total. The van der Waals surface area contributed by atoms with Crippen LogP contribution in [0.5, 0.6) is 0 Å². The molecule has 0 unspecified atom stereocenters. The summed E-state index contributed by atoms with van der Waals surface area (Å²) in [4.78, 5) is 23.1. The standard InChI is InChI=1S/C13H15N5O3S/c1-8(2)15-12(19)9-4-5-11(10(6-9)18(20)21)22-13-16-14-7-17(13)3/h4-8H,1-3H3,(H,15,19). The van der Waals surface area contributed by atoms with Crippen molar-refractivity contribution in [2.24, 2.45) is 7.05 Å². The van der Waals surface area contributed by atoms with Crippen LogP contribution in [0.25, 0.3) is 0 Å². The van der Waals surface area contributed by atoms with E-state index < -0.39 is 4.92 Å². The third kappa shape index (κ3) is 3.61. The lowest BCUT2D eigenvalue weighted by Crippen LogP contribution is -2.30. The Morgan fingerprint density at radius 3 is 2.73 bits per heavy atom. The van der Waals surface area contributed by atoms with Crippen LogP contribution < -0.4 is 5.32 Å². The normalized spacial score (nSPS) is 10.7. The summed E-state index contributed by atoms with van der Waals surface area (Å²) in [7, 11) is 1.75. The SMILES string of the molecule is CC(C)NC(=O)c1ccc(Sc2nncn2C)c([N+](=O)[O-])c1. The Kier molecular flexibility index (Phi) is 4.76. The van der Waals surface area contributed by atoms with E-state index in [4.69, 9.17) is 0 Å². The summed E-state index contributed by atoms with van der Waals surface area (Å²) in [6.45, 7) is 3.65. The van der Waals surface area contributed by atoms with Gasteiger partial charge < -0.3 is 9.88 Å². The van der Waals surface area contributed by atoms with Crippen LogP contribution in [0.15, 0.2) is 34.6 Å². The lowest BCUT2D eigenvalue weighted by molar-refractivity contribution is -0.387. The van der Waals surface area contributed by atoms with Gasteiger partial charge in [0.25, 0.3) is 11.6 Å². The molecule has 0 fully saturated rings. The molecule has 1 amide bonds. The molecule has 0 aliphatic heterocycles. The molecule has 0 aliphatic rings. The quantitative estimate of drug-likeness (QED) is 0.667. The molecular formula is C13H15N5O3S. The van der Waals surface area contributed by atoms with Gasteiger partial charge >= 0.3 is 0 Å². The summed E-state index contributed by atoms with van der Waals surface area (Å²) < 4.78 is 1.66. The Labute approximate surface area is 131 Å². The number of hydrogen-bond donors (Lipinski definition) is 1. The molecule has 2 aromatic rings. The molecule has 0 saturated heterocycles. The molecular weight excluding hydrogens is 306 g/mol. The van der Waals surface area contributed by atoms with E-state index in [2.05, 4.69) is 15.5 Å². The summed E-state index contributed by atoms with van der Waals surface area (Å²) in [5, 5.41) is 22.1. The number of nitro benzene ring substituents is 1. The van der Waals surface area contributed by atoms with Gasteiger partial charge in [-0.05, 0) is 37.7 Å². The second-order valence-electron chi connectivity index (χ2n) is 4.89. The predicted molar refractivity (Wildman–Crippen MR) is 80.8 cm³/mol. The summed E-state index contributed by atoms with van der Waals surface area (Å²) in [5.74, 6) is -0.340. The highest BCUT2D eigenvalue weighted by Crippen LogP contribution is 2.34. The van der Waals surface area contributed by atoms with Crippen LogP contribution in [-0.4, -0.2) is 31.6 Å². The fraction of sp³-hybridized carbons (Fsp3) is 0.308. The number of rotatable bonds is 5. The molecule has 0 atom stereocenters. The minimum Gasteiger partial charge on any atom is -0.350 e. The van der Waals surface area contributed by atoms with E-state index >= 15 is 0 Å². The second kappa shape index (κ2) is 6.56. The summed E-state index contributed by atoms with van der Waals surface area (Å²) >= 11 is 1.13. The van der Waals surface area contributed by atoms with Crippen LogP contribution in [0.3, 0.4) is 0 Å². The highest BCUT2D eigenvalue weighted by molar-refractivity contribution is 7.99. The fourth-order valence-electron chi connectivity index (χ4n) is 1.70. The molecule has 0 radical (unpaired) electrons. The van der Waals surface area contributed by atoms with Gasteiger partial charge in [0, 0.05) is 24.7 Å². The number of hydrogen-bond acceptors (Lipinski definition) is 6. The zero-order valence-electron chi connectivity index (χ0n) is 12.3. The van der Waals surface area contributed by atoms with Crippen molar-refractivity contribution in [2.75, 3.05) is 0 Å². The smallest absolute Gasteiger partial charge is 0.284 e. The number of nitrogens with one attached hydrogen (secondary N) is 1. The Hall–Kier alpha value is -2.42. The van der Waals surface area contributed by atoms with Crippen LogP contribution >= 0.6 is 11.8 Å². The van der Waals surface area contributed by atoms with Crippen LogP contribution in [0.4, 0.5) is 5.69 Å². The molecule has 116 valence electrons. The van der Waals surface area contributed by atoms with Gasteiger partial charge in [-0.25, -0.2) is 0 Å². The van der Waals surface area contributed by atoms with Crippen molar-refractivity contribution in [3.05, 3.63) is 40.2 Å². The first-order valence-corrected chi connectivity index (χ1v) is 7.31. The number of nitro groups is 1. The van der Waals surface area contributed by atoms with Gasteiger partial charge in [0.15, 0.2) is 5.16 Å². The van der Waals surface area contributed by atoms with E-state index in [0.717, 1.165) is 11.8 Å². The number of carbonyl (C=O) groups is 1. The van der Waals surface area contributed by atoms with Gasteiger partial charge in [-0.15, -0.1) is 10.2 Å². The number of aromatic nitrogens is 3. The van der Waals surface area contributed by atoms with Crippen molar-refractivity contribution in [3.8, 4) is 0 Å². The van der Waals surface area contributed by atoms with Gasteiger partial charge in [0.1, 0.15) is 6.33 Å². The monoisotopic (exact) mass is 321 g/mol. The fourth-order valence-corrected chi connectivity index (χ4v) is 2.55. The van der Waals surface area contributed by atoms with Crippen molar-refractivity contribution < 1.29 is 9.72 Å². The second-order valence-corrected chi connectivity index (χ2v) is 5.90. The number of benzene rings is 1. The third-order valence-corrected chi connectivity index (χ3v) is 3.83. The number of carbonyl (C=O) groups excluding carboxylic acids is 1. The first kappa shape index (κ1) is 16.0. The van der Waals surface area contributed by atoms with Crippen molar-refractivity contribution in [1.29, 1.82) is 0 Å². The lowest BCUT2D eigenvalue weighted by Gasteiger charge is -2.09. The van der Waals surface area contributed by atoms with Crippen LogP contribution in [0.1, 0.15) is 24.2 Å². The number of amides is 1. The van der Waals surface area contributed by atoms with Crippen molar-refractivity contribution in [1.82, 2.24) is 20.1 Å². The molecule has 1 aromatic carbocycles. The average Bonchev–Trinajstić information content (AvgIpc) is 2.83. The maximum absolute atomic E-state index is 11.9. The van der Waals surface area contributed by atoms with Gasteiger partial charge in [-0.2, -0.15) is 0 Å². The summed E-state index contributed by atoms with van der Waals surface area (Å²) in [6.07, 6.45) is 1.51. The molecule has 1 heterocycles. The van der Waals surface area contributed by atoms with Gasteiger partial charge in [0.05, 0.1) is 9.82 Å². The Balaban J connectivity index is 2.34. The summed E-state index contributed by atoms with van der Waals surface area (Å²) in [6, 6.07) is 4.34. The predicted octanol–water partition coefficient (Wildman–Crippen LogP) is 2.01. The highest BCUT2D eigenvalue weighted by Gasteiger charge is 2.20. The molecule has 1 aromatic heterocycles. The maximum Gasteiger partial charge on any atom is 0.284 e. The van der Waals surface area contributed by atoms with E-state index in [1.54, 1.807) is 23.7 Å². The molecule has 1 N–H and O–H groups in total. The molecule has 2 rings (SSSR count). The summed E-state index contributed by atoms with van der Waals surface area (Å²) in [5.41, 5.74) is 0.118. The lowest BCUT2D eigenvalue weighted by atomic mass is 10.2. The van der Waals surface area contributed by atoms with Crippen molar-refractivity contribution in [3.63, 3.8) is 0 Å². The Morgan fingerprint density at radius 2 is 2.18 bits per heavy atom. The highest BCUT2D eigenvalue weighted by atomic mass is 32.2. The molecule has 0 bridgehead atoms. The Morgan fingerprint density at radius 1 is 1.45 bits per heavy atom. The first-order chi connectivity index (χ1) is 10.4. The van der Waals surface area contributed by atoms with Crippen LogP contribution in [0.2, 0.25) is 0 Å². The first-order valence-electron chi connectivity index (χ1n) is 6.49. The van der Waals surface area contributed by atoms with Gasteiger partial charge in [0.2, 0.25) is 0 Å². The van der Waals surface area contributed by atoms with Gasteiger partial charge in [-0.1, -0.05) is 0 Å². The third-order valence-electron chi connectivity index (χ3n) is 2.71. The molecule has 0 spiro atoms. The van der Waals surface area contributed by atoms with Gasteiger partial charge in [-0.3, -0.25) is 14.9 Å². The minimum atomic E-state index is -0.509. The maximum atomic E-state index is 11.9. The van der Waals surface area contributed by atoms with E-state index in [9.17, 15) is 14.9 Å². The van der Waals surface area contributed by atoms with E-state index in [0.29, 0.717) is 10.1 Å². The topological polar surface area (TPSA) is 103 Å². The van der Waals surface area contributed by atoms with E-state index in [1.807, 2.05) is 13.8 Å². The van der Waals surface area contributed by atoms with Crippen LogP contribution in [-0.2, 0) is 7.05 Å². The minimum absolute atomic E-state index is 0.0424. The molecule has 0 saturated carbocycles. The zero-order chi connectivity index (χ0) is 16.3. The van der Waals surface area contributed by atoms with Crippen molar-refractivity contribution >= 4 is 23.4 Å². The Bertz CT molecular complexity index is 713. The van der Waals surface area contributed by atoms with E-state index in [-0.39, 0.29) is 23.2 Å². The van der Waals surface area contributed by atoms with Crippen LogP contribution in [0, 0.1) is 10.1 Å². The zero-order valence-corrected chi connectivity index (χ0v) is 13.1. The molecule has 9 heteroatoms. The van der Waals surface area contributed by atoms with E-state index in [1.165, 1.54) is 12.4 Å². The number of nitrogens with zero attached hydrogens (tertiary/aromatic N) is 4. The largest absolute Gasteiger partial charge is 0.350 e. The van der Waals surface area contributed by atoms with Crippen molar-refractivity contribution in [2.45, 2.75) is 29.9 Å². The number of aryl methyl sites for hydroxylation is 1.